The van der Waals surface area contributed by atoms with Crippen LogP contribution in [0, 0.1) is 24.4 Å². The van der Waals surface area contributed by atoms with Gasteiger partial charge in [0.15, 0.2) is 17.5 Å². The highest BCUT2D eigenvalue weighted by molar-refractivity contribution is 5.84. The summed E-state index contributed by atoms with van der Waals surface area (Å²) in [5.74, 6) is -4.32. The number of carbonyl (C=O) groups is 1. The van der Waals surface area contributed by atoms with E-state index in [-0.39, 0.29) is 12.3 Å². The Balaban J connectivity index is 2.49. The van der Waals surface area contributed by atoms with Crippen molar-refractivity contribution in [2.45, 2.75) is 19.3 Å². The summed E-state index contributed by atoms with van der Waals surface area (Å²) in [6.45, 7) is 3.81. The van der Waals surface area contributed by atoms with Gasteiger partial charge in [-0.05, 0) is 6.42 Å². The third-order valence-corrected chi connectivity index (χ3v) is 2.11. The monoisotopic (exact) mass is 260 g/mol. The molecule has 1 N–H and O–H groups in total. The van der Waals surface area contributed by atoms with Gasteiger partial charge in [0.2, 0.25) is 0 Å². The molecule has 99 valence electrons. The van der Waals surface area contributed by atoms with Gasteiger partial charge >= 0.3 is 6.09 Å². The van der Waals surface area contributed by atoms with Gasteiger partial charge in [-0.25, -0.2) is 18.0 Å². The van der Waals surface area contributed by atoms with Gasteiger partial charge in [0.05, 0.1) is 12.3 Å². The lowest BCUT2D eigenvalue weighted by atomic mass is 10.3. The molecular weight excluding hydrogens is 247 g/mol. The molecule has 18 heavy (non-hydrogen) atoms. The molecule has 0 saturated heterocycles. The summed E-state index contributed by atoms with van der Waals surface area (Å²) < 4.78 is 43.0. The van der Waals surface area contributed by atoms with Crippen LogP contribution in [0.4, 0.5) is 23.7 Å². The molecular formula is C12H13F3NO2. The van der Waals surface area contributed by atoms with Crippen molar-refractivity contribution < 1.29 is 22.7 Å². The van der Waals surface area contributed by atoms with Crippen LogP contribution in [0.2, 0.25) is 0 Å². The van der Waals surface area contributed by atoms with Crippen molar-refractivity contribution in [2.75, 3.05) is 11.9 Å². The van der Waals surface area contributed by atoms with Crippen molar-refractivity contribution in [3.8, 4) is 0 Å². The van der Waals surface area contributed by atoms with Crippen LogP contribution in [0.15, 0.2) is 12.1 Å². The Hall–Kier alpha value is -1.72. The normalized spacial score (nSPS) is 10.2. The van der Waals surface area contributed by atoms with Crippen LogP contribution < -0.4 is 5.32 Å². The predicted molar refractivity (Wildman–Crippen MR) is 60.5 cm³/mol. The van der Waals surface area contributed by atoms with E-state index in [4.69, 9.17) is 4.74 Å². The molecule has 3 nitrogen and oxygen atoms in total. The Morgan fingerprint density at radius 3 is 2.39 bits per heavy atom. The van der Waals surface area contributed by atoms with E-state index in [0.717, 1.165) is 12.8 Å². The Labute approximate surface area is 103 Å². The minimum atomic E-state index is -1.58. The number of rotatable bonds is 5. The second-order valence-electron chi connectivity index (χ2n) is 3.58. The van der Waals surface area contributed by atoms with Gasteiger partial charge in [0.25, 0.3) is 0 Å². The molecule has 0 heterocycles. The molecule has 0 aliphatic rings. The van der Waals surface area contributed by atoms with E-state index >= 15 is 0 Å². The van der Waals surface area contributed by atoms with Crippen LogP contribution in [0.5, 0.6) is 0 Å². The second-order valence-corrected chi connectivity index (χ2v) is 3.58. The minimum Gasteiger partial charge on any atom is -0.449 e. The van der Waals surface area contributed by atoms with E-state index < -0.39 is 23.5 Å². The third kappa shape index (κ3) is 4.27. The largest absolute Gasteiger partial charge is 0.449 e. The summed E-state index contributed by atoms with van der Waals surface area (Å²) in [4.78, 5) is 11.2. The van der Waals surface area contributed by atoms with Crippen LogP contribution in [0.1, 0.15) is 19.3 Å². The van der Waals surface area contributed by atoms with E-state index in [9.17, 15) is 18.0 Å². The number of carbonyl (C=O) groups excluding carboxylic acids is 1. The Morgan fingerprint density at radius 1 is 1.22 bits per heavy atom. The van der Waals surface area contributed by atoms with Crippen molar-refractivity contribution in [1.29, 1.82) is 0 Å². The average molecular weight is 260 g/mol. The third-order valence-electron chi connectivity index (χ3n) is 2.11. The fraction of sp³-hybridized carbons (Fsp3) is 0.333. The molecule has 0 bridgehead atoms. The average Bonchev–Trinajstić information content (AvgIpc) is 2.31. The molecule has 1 radical (unpaired) electrons. The number of hydrogen-bond acceptors (Lipinski definition) is 2. The number of ether oxygens (including phenoxy) is 1. The highest BCUT2D eigenvalue weighted by atomic mass is 19.2. The molecule has 1 aromatic rings. The number of anilines is 1. The van der Waals surface area contributed by atoms with Gasteiger partial charge in [-0.3, -0.25) is 5.32 Å². The topological polar surface area (TPSA) is 38.3 Å². The van der Waals surface area contributed by atoms with Gasteiger partial charge in [-0.1, -0.05) is 19.8 Å². The second kappa shape index (κ2) is 6.88. The van der Waals surface area contributed by atoms with Gasteiger partial charge in [0.1, 0.15) is 0 Å². The predicted octanol–water partition coefficient (Wildman–Crippen LogP) is 3.66. The molecule has 0 atom stereocenters. The zero-order chi connectivity index (χ0) is 13.5. The van der Waals surface area contributed by atoms with E-state index in [1.165, 1.54) is 0 Å². The summed E-state index contributed by atoms with van der Waals surface area (Å²) in [6, 6.07) is 1.35. The minimum absolute atomic E-state index is 0.188. The van der Waals surface area contributed by atoms with Gasteiger partial charge in [-0.2, -0.15) is 0 Å². The highest BCUT2D eigenvalue weighted by Crippen LogP contribution is 2.17. The molecule has 0 aliphatic carbocycles. The summed E-state index contributed by atoms with van der Waals surface area (Å²) in [7, 11) is 0. The van der Waals surface area contributed by atoms with Crippen LogP contribution in [-0.2, 0) is 4.74 Å². The van der Waals surface area contributed by atoms with Gasteiger partial charge in [-0.15, -0.1) is 0 Å². The lowest BCUT2D eigenvalue weighted by Gasteiger charge is -2.07. The SMILES string of the molecule is [CH2]CCCCOC(=O)Nc1cc(F)c(F)c(F)c1. The van der Waals surface area contributed by atoms with Crippen LogP contribution >= 0.6 is 0 Å². The Kier molecular flexibility index (Phi) is 5.48. The maximum atomic E-state index is 12.8. The van der Waals surface area contributed by atoms with Gasteiger partial charge < -0.3 is 4.74 Å². The lowest BCUT2D eigenvalue weighted by Crippen LogP contribution is -2.15. The Morgan fingerprint density at radius 2 is 1.83 bits per heavy atom. The van der Waals surface area contributed by atoms with E-state index in [2.05, 4.69) is 12.2 Å². The molecule has 1 rings (SSSR count). The van der Waals surface area contributed by atoms with Crippen LogP contribution in [0.3, 0.4) is 0 Å². The summed E-state index contributed by atoms with van der Waals surface area (Å²) in [6.07, 6.45) is 1.36. The molecule has 1 aromatic carbocycles. The highest BCUT2D eigenvalue weighted by Gasteiger charge is 2.12. The smallest absolute Gasteiger partial charge is 0.411 e. The fourth-order valence-corrected chi connectivity index (χ4v) is 1.23. The molecule has 0 saturated carbocycles. The van der Waals surface area contributed by atoms with Crippen molar-refractivity contribution in [3.63, 3.8) is 0 Å². The Bertz CT molecular complexity index is 401. The first kappa shape index (κ1) is 14.3. The number of nitrogens with one attached hydrogen (secondary N) is 1. The summed E-state index contributed by atoms with van der Waals surface area (Å²) >= 11 is 0. The molecule has 0 fully saturated rings. The van der Waals surface area contributed by atoms with Gasteiger partial charge in [0, 0.05) is 12.1 Å². The van der Waals surface area contributed by atoms with E-state index in [1.54, 1.807) is 0 Å². The van der Waals surface area contributed by atoms with Crippen molar-refractivity contribution in [1.82, 2.24) is 0 Å². The fourth-order valence-electron chi connectivity index (χ4n) is 1.23. The molecule has 0 unspecified atom stereocenters. The summed E-state index contributed by atoms with van der Waals surface area (Å²) in [5.41, 5.74) is -0.200. The number of benzene rings is 1. The summed E-state index contributed by atoms with van der Waals surface area (Å²) in [5, 5.41) is 2.10. The standard InChI is InChI=1S/C12H13F3NO2/c1-2-3-4-5-18-12(17)16-8-6-9(13)11(15)10(14)7-8/h6-7H,1-5H2,(H,16,17). The van der Waals surface area contributed by atoms with E-state index in [0.29, 0.717) is 18.6 Å². The quantitative estimate of drug-likeness (QED) is 0.648. The maximum Gasteiger partial charge on any atom is 0.411 e. The number of unbranched alkanes of at least 4 members (excludes halogenated alkanes) is 2. The zero-order valence-corrected chi connectivity index (χ0v) is 9.64. The first-order valence-corrected chi connectivity index (χ1v) is 5.42. The molecule has 1 amide bonds. The first-order chi connectivity index (χ1) is 8.54. The molecule has 0 spiro atoms. The first-order valence-electron chi connectivity index (χ1n) is 5.42. The lowest BCUT2D eigenvalue weighted by molar-refractivity contribution is 0.159. The van der Waals surface area contributed by atoms with Crippen LogP contribution in [0.25, 0.3) is 0 Å². The van der Waals surface area contributed by atoms with Crippen molar-refractivity contribution in [2.24, 2.45) is 0 Å². The maximum absolute atomic E-state index is 12.8. The number of hydrogen-bond donors (Lipinski definition) is 1. The molecule has 6 heteroatoms. The molecule has 0 aliphatic heterocycles. The number of halogens is 3. The van der Waals surface area contributed by atoms with E-state index in [1.807, 2.05) is 0 Å². The number of amides is 1. The van der Waals surface area contributed by atoms with Crippen molar-refractivity contribution >= 4 is 11.8 Å². The van der Waals surface area contributed by atoms with Crippen molar-refractivity contribution in [3.05, 3.63) is 36.5 Å². The molecule has 0 aromatic heterocycles. The van der Waals surface area contributed by atoms with Crippen LogP contribution in [-0.4, -0.2) is 12.7 Å². The zero-order valence-electron chi connectivity index (χ0n) is 9.64.